The van der Waals surface area contributed by atoms with Crippen LogP contribution in [0.3, 0.4) is 0 Å². The molecule has 2 aromatic carbocycles. The van der Waals surface area contributed by atoms with Crippen LogP contribution in [0.15, 0.2) is 53.6 Å². The minimum atomic E-state index is -0.956. The lowest BCUT2D eigenvalue weighted by Gasteiger charge is -2.12. The monoisotopic (exact) mass is 535 g/mol. The first-order chi connectivity index (χ1) is 18.4. The number of hydrazone groups is 1. The highest BCUT2D eigenvalue weighted by Crippen LogP contribution is 2.39. The third kappa shape index (κ3) is 6.20. The van der Waals surface area contributed by atoms with Crippen LogP contribution < -0.4 is 20.2 Å². The van der Waals surface area contributed by atoms with E-state index >= 15 is 0 Å². The molecule has 0 radical (unpaired) electrons. The number of nitrogens with zero attached hydrogens (tertiary/aromatic N) is 1. The van der Waals surface area contributed by atoms with Crippen molar-refractivity contribution < 1.29 is 28.6 Å². The number of rotatable bonds is 9. The number of anilines is 1. The lowest BCUT2D eigenvalue weighted by molar-refractivity contribution is -0.136. The van der Waals surface area contributed by atoms with Crippen molar-refractivity contribution in [2.24, 2.45) is 5.10 Å². The third-order valence-corrected chi connectivity index (χ3v) is 7.19. The first kappa shape index (κ1) is 26.9. The summed E-state index contributed by atoms with van der Waals surface area (Å²) in [7, 11) is 1.54. The molecule has 0 atom stereocenters. The van der Waals surface area contributed by atoms with Crippen molar-refractivity contribution in [3.8, 4) is 11.5 Å². The number of ether oxygens (including phenoxy) is 3. The molecule has 0 fully saturated rings. The van der Waals surface area contributed by atoms with Gasteiger partial charge >= 0.3 is 17.8 Å². The predicted octanol–water partition coefficient (Wildman–Crippen LogP) is 4.48. The van der Waals surface area contributed by atoms with Crippen LogP contribution in [0.1, 0.15) is 52.2 Å². The van der Waals surface area contributed by atoms with E-state index in [1.807, 2.05) is 30.3 Å². The molecule has 4 rings (SSSR count). The molecular weight excluding hydrogens is 506 g/mol. The Bertz CT molecular complexity index is 1370. The Labute approximate surface area is 224 Å². The van der Waals surface area contributed by atoms with Crippen molar-refractivity contribution in [3.63, 3.8) is 0 Å². The topological polar surface area (TPSA) is 115 Å². The van der Waals surface area contributed by atoms with Crippen molar-refractivity contribution in [2.45, 2.75) is 39.7 Å². The second kappa shape index (κ2) is 12.4. The Morgan fingerprint density at radius 3 is 2.55 bits per heavy atom. The summed E-state index contributed by atoms with van der Waals surface area (Å²) < 4.78 is 16.5. The van der Waals surface area contributed by atoms with Crippen LogP contribution in [0.4, 0.5) is 5.00 Å². The van der Waals surface area contributed by atoms with Crippen molar-refractivity contribution in [1.82, 2.24) is 5.43 Å². The zero-order valence-electron chi connectivity index (χ0n) is 21.5. The molecule has 1 heterocycles. The molecule has 0 bridgehead atoms. The van der Waals surface area contributed by atoms with E-state index in [1.165, 1.54) is 18.4 Å². The van der Waals surface area contributed by atoms with Crippen LogP contribution >= 0.6 is 11.3 Å². The van der Waals surface area contributed by atoms with E-state index in [0.717, 1.165) is 35.3 Å². The maximum Gasteiger partial charge on any atom is 0.341 e. The molecule has 9 nitrogen and oxygen atoms in total. The third-order valence-electron chi connectivity index (χ3n) is 5.98. The fraction of sp³-hybridized carbons (Fsp3) is 0.286. The summed E-state index contributed by atoms with van der Waals surface area (Å²) in [4.78, 5) is 38.6. The standard InChI is InChI=1S/C28H29N3O6S/c1-4-36-28(34)24-20-11-8-12-23(20)38-27(24)29-25(32)26(33)31-30-17(2)19-13-14-21(22(15-19)35-3)37-16-18-9-6-5-7-10-18/h5-7,9-10,13-15H,4,8,11-12,16H2,1-3H3,(H,29,32)(H,31,33). The molecule has 3 aromatic rings. The molecule has 0 spiro atoms. The van der Waals surface area contributed by atoms with Crippen LogP contribution in [0, 0.1) is 0 Å². The number of hydrogen-bond acceptors (Lipinski definition) is 8. The fourth-order valence-electron chi connectivity index (χ4n) is 4.07. The van der Waals surface area contributed by atoms with E-state index in [0.29, 0.717) is 39.9 Å². The zero-order chi connectivity index (χ0) is 27.1. The number of carbonyl (C=O) groups is 3. The van der Waals surface area contributed by atoms with Crippen LogP contribution in [0.25, 0.3) is 0 Å². The highest BCUT2D eigenvalue weighted by molar-refractivity contribution is 7.17. The average molecular weight is 536 g/mol. The van der Waals surface area contributed by atoms with E-state index in [4.69, 9.17) is 14.2 Å². The second-order valence-electron chi connectivity index (χ2n) is 8.51. The zero-order valence-corrected chi connectivity index (χ0v) is 22.3. The molecule has 0 aliphatic heterocycles. The van der Waals surface area contributed by atoms with Crippen molar-refractivity contribution in [3.05, 3.63) is 75.7 Å². The van der Waals surface area contributed by atoms with Crippen LogP contribution in [0.2, 0.25) is 0 Å². The number of thiophene rings is 1. The van der Waals surface area contributed by atoms with Gasteiger partial charge in [0.2, 0.25) is 0 Å². The number of benzene rings is 2. The van der Waals surface area contributed by atoms with Gasteiger partial charge in [-0.15, -0.1) is 11.3 Å². The molecule has 198 valence electrons. The van der Waals surface area contributed by atoms with Gasteiger partial charge in [-0.1, -0.05) is 30.3 Å². The Morgan fingerprint density at radius 2 is 1.82 bits per heavy atom. The minimum absolute atomic E-state index is 0.218. The Hall–Kier alpha value is -4.18. The summed E-state index contributed by atoms with van der Waals surface area (Å²) in [5.74, 6) is -1.30. The van der Waals surface area contributed by atoms with Gasteiger partial charge in [0.25, 0.3) is 0 Å². The summed E-state index contributed by atoms with van der Waals surface area (Å²) in [6, 6.07) is 15.1. The molecule has 0 unspecified atom stereocenters. The molecule has 1 aromatic heterocycles. The largest absolute Gasteiger partial charge is 0.493 e. The molecule has 1 aliphatic rings. The van der Waals surface area contributed by atoms with E-state index in [1.54, 1.807) is 32.0 Å². The van der Waals surface area contributed by atoms with Gasteiger partial charge in [0.05, 0.1) is 25.0 Å². The lowest BCUT2D eigenvalue weighted by Crippen LogP contribution is -2.33. The molecule has 2 amide bonds. The predicted molar refractivity (Wildman–Crippen MR) is 145 cm³/mol. The highest BCUT2D eigenvalue weighted by atomic mass is 32.1. The van der Waals surface area contributed by atoms with Gasteiger partial charge in [-0.2, -0.15) is 5.10 Å². The summed E-state index contributed by atoms with van der Waals surface area (Å²) >= 11 is 1.30. The van der Waals surface area contributed by atoms with Crippen molar-refractivity contribution in [2.75, 3.05) is 19.0 Å². The number of hydrogen-bond donors (Lipinski definition) is 2. The first-order valence-electron chi connectivity index (χ1n) is 12.2. The molecule has 1 aliphatic carbocycles. The number of carbonyl (C=O) groups excluding carboxylic acids is 3. The van der Waals surface area contributed by atoms with E-state index in [-0.39, 0.29) is 6.61 Å². The van der Waals surface area contributed by atoms with E-state index in [2.05, 4.69) is 15.8 Å². The maximum absolute atomic E-state index is 12.6. The normalized spacial score (nSPS) is 12.4. The van der Waals surface area contributed by atoms with Gasteiger partial charge in [0, 0.05) is 10.4 Å². The van der Waals surface area contributed by atoms with Crippen LogP contribution in [0.5, 0.6) is 11.5 Å². The number of methoxy groups -OCH3 is 1. The molecule has 10 heteroatoms. The Kier molecular flexibility index (Phi) is 8.75. The van der Waals surface area contributed by atoms with Gasteiger partial charge in [0.1, 0.15) is 11.6 Å². The summed E-state index contributed by atoms with van der Waals surface area (Å²) in [5, 5.41) is 6.95. The molecule has 0 saturated carbocycles. The molecule has 2 N–H and O–H groups in total. The molecule has 38 heavy (non-hydrogen) atoms. The number of nitrogens with one attached hydrogen (secondary N) is 2. The Balaban J connectivity index is 1.40. The summed E-state index contributed by atoms with van der Waals surface area (Å²) in [6.07, 6.45) is 2.52. The highest BCUT2D eigenvalue weighted by Gasteiger charge is 2.29. The molecular formula is C28H29N3O6S. The quantitative estimate of drug-likeness (QED) is 0.181. The second-order valence-corrected chi connectivity index (χ2v) is 9.62. The van der Waals surface area contributed by atoms with Gasteiger partial charge in [-0.3, -0.25) is 9.59 Å². The molecule has 0 saturated heterocycles. The SMILES string of the molecule is CCOC(=O)c1c(NC(=O)C(=O)NN=C(C)c2ccc(OCc3ccccc3)c(OC)c2)sc2c1CCC2. The van der Waals surface area contributed by atoms with Gasteiger partial charge in [0.15, 0.2) is 11.5 Å². The number of esters is 1. The van der Waals surface area contributed by atoms with Gasteiger partial charge < -0.3 is 19.5 Å². The number of amides is 2. The average Bonchev–Trinajstić information content (AvgIpc) is 3.51. The van der Waals surface area contributed by atoms with Crippen molar-refractivity contribution >= 4 is 39.8 Å². The van der Waals surface area contributed by atoms with Crippen LogP contribution in [-0.2, 0) is 33.8 Å². The Morgan fingerprint density at radius 1 is 1.03 bits per heavy atom. The smallest absolute Gasteiger partial charge is 0.341 e. The number of aryl methyl sites for hydroxylation is 1. The summed E-state index contributed by atoms with van der Waals surface area (Å²) in [5.41, 5.74) is 5.67. The van der Waals surface area contributed by atoms with E-state index in [9.17, 15) is 14.4 Å². The van der Waals surface area contributed by atoms with E-state index < -0.39 is 17.8 Å². The van der Waals surface area contributed by atoms with Gasteiger partial charge in [-0.25, -0.2) is 10.2 Å². The lowest BCUT2D eigenvalue weighted by atomic mass is 10.1. The van der Waals surface area contributed by atoms with Gasteiger partial charge in [-0.05, 0) is 62.4 Å². The minimum Gasteiger partial charge on any atom is -0.493 e. The maximum atomic E-state index is 12.6. The fourth-order valence-corrected chi connectivity index (χ4v) is 5.34. The summed E-state index contributed by atoms with van der Waals surface area (Å²) in [6.45, 7) is 4.02. The van der Waals surface area contributed by atoms with Crippen LogP contribution in [-0.4, -0.2) is 37.2 Å². The van der Waals surface area contributed by atoms with Crippen molar-refractivity contribution in [1.29, 1.82) is 0 Å². The number of fused-ring (bicyclic) bond motifs is 1. The first-order valence-corrected chi connectivity index (χ1v) is 13.0.